The summed E-state index contributed by atoms with van der Waals surface area (Å²) in [5, 5.41) is 16.2. The van der Waals surface area contributed by atoms with Gasteiger partial charge in [0.15, 0.2) is 6.04 Å². The molecule has 0 radical (unpaired) electrons. The maximum atomic E-state index is 14.0. The number of halogens is 4. The van der Waals surface area contributed by atoms with E-state index in [1.165, 1.54) is 0 Å². The Morgan fingerprint density at radius 2 is 1.73 bits per heavy atom. The van der Waals surface area contributed by atoms with Gasteiger partial charge in [-0.15, -0.1) is 5.69 Å². The monoisotopic (exact) mass is 768 g/mol. The summed E-state index contributed by atoms with van der Waals surface area (Å²) < 4.78 is 0.733. The molecule has 2 atom stereocenters. The number of benzene rings is 4. The van der Waals surface area contributed by atoms with Gasteiger partial charge in [-0.1, -0.05) is 105 Å². The van der Waals surface area contributed by atoms with Crippen LogP contribution >= 0.6 is 50.7 Å². The predicted molar refractivity (Wildman–Crippen MR) is 181 cm³/mol. The van der Waals surface area contributed by atoms with Crippen molar-refractivity contribution in [3.8, 4) is 0 Å². The van der Waals surface area contributed by atoms with E-state index in [-0.39, 0.29) is 22.4 Å². The SMILES string of the molecule is C[C@@]1(C(=O)[N-]c2ccc(Cl)cc2C(=N[C@@H](C(=O)O)c2cccc(Br)c2)c2ccccc2)CCCN1Cc1ccc(Cl)c(Cl)c1.[Ni]. The molecule has 4 aromatic carbocycles. The third-order valence-corrected chi connectivity index (χ3v) is 9.21. The van der Waals surface area contributed by atoms with Crippen molar-refractivity contribution >= 4 is 74.0 Å². The molecule has 1 fully saturated rings. The Bertz CT molecular complexity index is 1740. The number of carboxylic acid groups (broad SMARTS) is 1. The Balaban J connectivity index is 0.00000461. The van der Waals surface area contributed by atoms with Gasteiger partial charge in [0, 0.05) is 38.1 Å². The molecule has 11 heteroatoms. The third kappa shape index (κ3) is 8.18. The van der Waals surface area contributed by atoms with Crippen molar-refractivity contribution in [1.82, 2.24) is 4.90 Å². The third-order valence-electron chi connectivity index (χ3n) is 7.75. The summed E-state index contributed by atoms with van der Waals surface area (Å²) >= 11 is 22.3. The van der Waals surface area contributed by atoms with Gasteiger partial charge in [-0.05, 0) is 79.4 Å². The molecule has 0 aromatic heterocycles. The molecular formula is C34H28BrCl3N3NiO3-. The first-order valence-corrected chi connectivity index (χ1v) is 15.8. The van der Waals surface area contributed by atoms with Crippen LogP contribution in [-0.4, -0.2) is 39.7 Å². The maximum Gasteiger partial charge on any atom is 0.333 e. The molecule has 6 nitrogen and oxygen atoms in total. The van der Waals surface area contributed by atoms with Crippen LogP contribution in [0.4, 0.5) is 5.69 Å². The van der Waals surface area contributed by atoms with Crippen LogP contribution in [0.2, 0.25) is 15.1 Å². The minimum atomic E-state index is -1.22. The van der Waals surface area contributed by atoms with Gasteiger partial charge in [-0.2, -0.15) is 0 Å². The summed E-state index contributed by atoms with van der Waals surface area (Å²) in [5.41, 5.74) is 2.39. The van der Waals surface area contributed by atoms with E-state index >= 15 is 0 Å². The van der Waals surface area contributed by atoms with E-state index in [0.29, 0.717) is 56.1 Å². The predicted octanol–water partition coefficient (Wildman–Crippen LogP) is 9.66. The van der Waals surface area contributed by atoms with Crippen LogP contribution in [0.5, 0.6) is 0 Å². The first kappa shape index (κ1) is 35.2. The van der Waals surface area contributed by atoms with Crippen LogP contribution in [0, 0.1) is 0 Å². The topological polar surface area (TPSA) is 84.1 Å². The fourth-order valence-corrected chi connectivity index (χ4v) is 6.28. The molecule has 0 saturated carbocycles. The van der Waals surface area contributed by atoms with Crippen molar-refractivity contribution in [1.29, 1.82) is 0 Å². The molecule has 4 aromatic rings. The molecule has 1 amide bonds. The molecule has 0 spiro atoms. The molecule has 1 saturated heterocycles. The number of rotatable bonds is 9. The number of nitrogens with zero attached hydrogens (tertiary/aromatic N) is 3. The number of carboxylic acids is 1. The van der Waals surface area contributed by atoms with Crippen LogP contribution in [0.3, 0.4) is 0 Å². The second-order valence-electron chi connectivity index (χ2n) is 10.8. The van der Waals surface area contributed by atoms with E-state index in [9.17, 15) is 14.7 Å². The minimum absolute atomic E-state index is 0. The molecule has 236 valence electrons. The van der Waals surface area contributed by atoms with Crippen molar-refractivity contribution in [2.24, 2.45) is 4.99 Å². The molecule has 1 heterocycles. The van der Waals surface area contributed by atoms with E-state index in [2.05, 4.69) is 26.1 Å². The van der Waals surface area contributed by atoms with Crippen LogP contribution in [0.1, 0.15) is 48.1 Å². The zero-order valence-electron chi connectivity index (χ0n) is 24.0. The van der Waals surface area contributed by atoms with Crippen LogP contribution in [0.15, 0.2) is 100 Å². The normalized spacial score (nSPS) is 17.4. The average Bonchev–Trinajstić information content (AvgIpc) is 3.37. The summed E-state index contributed by atoms with van der Waals surface area (Å²) in [4.78, 5) is 33.4. The number of aliphatic imine (C=N–C) groups is 1. The van der Waals surface area contributed by atoms with Gasteiger partial charge >= 0.3 is 5.97 Å². The number of aliphatic carboxylic acids is 1. The van der Waals surface area contributed by atoms with Gasteiger partial charge in [0.25, 0.3) is 0 Å². The smallest absolute Gasteiger partial charge is 0.333 e. The Kier molecular flexibility index (Phi) is 11.9. The second kappa shape index (κ2) is 15.3. The Morgan fingerprint density at radius 3 is 2.42 bits per heavy atom. The quantitative estimate of drug-likeness (QED) is 0.136. The van der Waals surface area contributed by atoms with Crippen molar-refractivity contribution in [3.63, 3.8) is 0 Å². The van der Waals surface area contributed by atoms with E-state index in [1.54, 1.807) is 42.5 Å². The fraction of sp³-hybridized carbons (Fsp3) is 0.206. The maximum absolute atomic E-state index is 14.0. The standard InChI is InChI=1S/C34H29BrCl3N3O3.Ni/c1-34(15-6-16-41(34)20-21-11-13-27(37)28(38)17-21)33(44)39-29-14-12-25(36)19-26(29)30(22-7-3-2-4-8-22)40-31(32(42)43)23-9-5-10-24(35)18-23;/h2-5,7-14,17-19,31H,6,15-16,20H2,1H3,(H2,39,40,42,43,44);/p-1/t31-,34+;/m1./s1. The number of carbonyl (C=O) groups excluding carboxylic acids is 1. The van der Waals surface area contributed by atoms with Crippen molar-refractivity contribution in [3.05, 3.63) is 138 Å². The summed E-state index contributed by atoms with van der Waals surface area (Å²) in [7, 11) is 0. The number of hydrogen-bond acceptors (Lipinski definition) is 4. The zero-order valence-corrected chi connectivity index (χ0v) is 28.8. The molecule has 1 N–H and O–H groups in total. The molecular weight excluding hydrogens is 743 g/mol. The zero-order chi connectivity index (χ0) is 31.4. The molecule has 5 rings (SSSR count). The Hall–Kier alpha value is -2.71. The van der Waals surface area contributed by atoms with Crippen molar-refractivity contribution in [2.45, 2.75) is 37.9 Å². The second-order valence-corrected chi connectivity index (χ2v) is 12.9. The van der Waals surface area contributed by atoms with Crippen LogP contribution < -0.4 is 0 Å². The van der Waals surface area contributed by atoms with E-state index < -0.39 is 17.6 Å². The molecule has 0 aliphatic carbocycles. The van der Waals surface area contributed by atoms with Crippen molar-refractivity contribution < 1.29 is 31.2 Å². The van der Waals surface area contributed by atoms with Crippen LogP contribution in [0.25, 0.3) is 5.32 Å². The molecule has 1 aliphatic heterocycles. The van der Waals surface area contributed by atoms with Gasteiger partial charge in [0.2, 0.25) is 0 Å². The Morgan fingerprint density at radius 1 is 0.978 bits per heavy atom. The summed E-state index contributed by atoms with van der Waals surface area (Å²) in [6.07, 6.45) is 1.46. The van der Waals surface area contributed by atoms with Gasteiger partial charge < -0.3 is 15.2 Å². The fourth-order valence-electron chi connectivity index (χ4n) is 5.37. The van der Waals surface area contributed by atoms with Gasteiger partial charge in [-0.3, -0.25) is 9.89 Å². The van der Waals surface area contributed by atoms with E-state index in [0.717, 1.165) is 23.0 Å². The number of carbonyl (C=O) groups is 2. The van der Waals surface area contributed by atoms with Gasteiger partial charge in [-0.25, -0.2) is 4.79 Å². The largest absolute Gasteiger partial charge is 0.625 e. The van der Waals surface area contributed by atoms with Crippen LogP contribution in [-0.2, 0) is 32.6 Å². The van der Waals surface area contributed by atoms with Crippen molar-refractivity contribution in [2.75, 3.05) is 6.54 Å². The van der Waals surface area contributed by atoms with E-state index in [1.807, 2.05) is 55.5 Å². The number of hydrogen-bond donors (Lipinski definition) is 1. The summed E-state index contributed by atoms with van der Waals surface area (Å²) in [6, 6.07) is 25.5. The number of amides is 1. The first-order chi connectivity index (χ1) is 21.0. The molecule has 1 aliphatic rings. The molecule has 0 unspecified atom stereocenters. The molecule has 45 heavy (non-hydrogen) atoms. The van der Waals surface area contributed by atoms with E-state index in [4.69, 9.17) is 39.8 Å². The number of likely N-dealkylation sites (tertiary alicyclic amines) is 1. The average molecular weight is 772 g/mol. The summed E-state index contributed by atoms with van der Waals surface area (Å²) in [5.74, 6) is -1.43. The first-order valence-electron chi connectivity index (χ1n) is 13.9. The molecule has 0 bridgehead atoms. The minimum Gasteiger partial charge on any atom is -0.625 e. The van der Waals surface area contributed by atoms with Gasteiger partial charge in [0.05, 0.1) is 27.2 Å². The Labute approximate surface area is 295 Å². The summed E-state index contributed by atoms with van der Waals surface area (Å²) in [6.45, 7) is 3.12. The van der Waals surface area contributed by atoms with Gasteiger partial charge in [0.1, 0.15) is 0 Å².